The topological polar surface area (TPSA) is 67.9 Å². The third kappa shape index (κ3) is 1.19. The van der Waals surface area contributed by atoms with Crippen LogP contribution in [-0.2, 0) is 0 Å². The summed E-state index contributed by atoms with van der Waals surface area (Å²) in [5.41, 5.74) is 2.02. The van der Waals surface area contributed by atoms with Gasteiger partial charge >= 0.3 is 0 Å². The summed E-state index contributed by atoms with van der Waals surface area (Å²) in [5.74, 6) is 0.294. The first-order valence-corrected chi connectivity index (χ1v) is 2.86. The largest absolute Gasteiger partial charge is 0.409 e. The van der Waals surface area contributed by atoms with Crippen LogP contribution in [0.25, 0.3) is 0 Å². The third-order valence-corrected chi connectivity index (χ3v) is 1.25. The predicted molar refractivity (Wildman–Crippen MR) is 34.9 cm³/mol. The highest BCUT2D eigenvalue weighted by Crippen LogP contribution is 2.08. The molecule has 0 aromatic heterocycles. The molecule has 0 radical (unpaired) electrons. The lowest BCUT2D eigenvalue weighted by atomic mass is 10.4. The fraction of sp³-hybridized carbons (Fsp3) is 0.400. The Balaban J connectivity index is 2.56. The summed E-state index contributed by atoms with van der Waals surface area (Å²) in [4.78, 5) is 1.76. The van der Waals surface area contributed by atoms with Gasteiger partial charge in [0.1, 0.15) is 0 Å². The highest BCUT2D eigenvalue weighted by Gasteiger charge is 2.24. The summed E-state index contributed by atoms with van der Waals surface area (Å²) in [6.07, 6.45) is 0. The Hall–Kier alpha value is -1.23. The Bertz CT molecular complexity index is 174. The van der Waals surface area contributed by atoms with Crippen molar-refractivity contribution in [3.8, 4) is 0 Å². The Morgan fingerprint density at radius 3 is 2.50 bits per heavy atom. The average molecular weight is 143 g/mol. The first kappa shape index (κ1) is 6.88. The molecule has 0 aromatic carbocycles. The molecule has 0 spiro atoms. The molecule has 5 heteroatoms. The van der Waals surface area contributed by atoms with Gasteiger partial charge < -0.3 is 10.1 Å². The number of nitrogens with zero attached hydrogens (tertiary/aromatic N) is 2. The molecule has 56 valence electrons. The second kappa shape index (κ2) is 2.57. The zero-order valence-corrected chi connectivity index (χ0v) is 5.41. The van der Waals surface area contributed by atoms with Gasteiger partial charge in [-0.15, -0.1) is 0 Å². The predicted octanol–water partition coefficient (Wildman–Crippen LogP) is -0.418. The van der Waals surface area contributed by atoms with Gasteiger partial charge in [0.25, 0.3) is 0 Å². The standard InChI is InChI=1S/C5H9N3O2/c1-4(6-9)5(7-10)8-2-3-8/h6,9-10H,1-3H2. The minimum Gasteiger partial charge on any atom is -0.409 e. The highest BCUT2D eigenvalue weighted by molar-refractivity contribution is 5.97. The van der Waals surface area contributed by atoms with Crippen molar-refractivity contribution in [2.45, 2.75) is 0 Å². The number of amidine groups is 1. The monoisotopic (exact) mass is 143 g/mol. The minimum atomic E-state index is 0.208. The van der Waals surface area contributed by atoms with E-state index in [4.69, 9.17) is 10.4 Å². The van der Waals surface area contributed by atoms with Crippen molar-refractivity contribution >= 4 is 5.84 Å². The highest BCUT2D eigenvalue weighted by atomic mass is 16.5. The summed E-state index contributed by atoms with van der Waals surface area (Å²) in [6, 6.07) is 0. The molecule has 0 amide bonds. The Morgan fingerprint density at radius 2 is 2.20 bits per heavy atom. The van der Waals surface area contributed by atoms with E-state index < -0.39 is 0 Å². The van der Waals surface area contributed by atoms with Crippen LogP contribution in [0.15, 0.2) is 17.4 Å². The second-order valence-electron chi connectivity index (χ2n) is 2.00. The van der Waals surface area contributed by atoms with Crippen molar-refractivity contribution in [3.05, 3.63) is 12.3 Å². The van der Waals surface area contributed by atoms with Crippen LogP contribution in [0.3, 0.4) is 0 Å². The van der Waals surface area contributed by atoms with Crippen LogP contribution in [0, 0.1) is 0 Å². The quantitative estimate of drug-likeness (QED) is 0.161. The summed E-state index contributed by atoms with van der Waals surface area (Å²) in [6.45, 7) is 5.11. The van der Waals surface area contributed by atoms with Crippen molar-refractivity contribution in [1.29, 1.82) is 0 Å². The van der Waals surface area contributed by atoms with Crippen molar-refractivity contribution in [1.82, 2.24) is 10.4 Å². The van der Waals surface area contributed by atoms with Crippen molar-refractivity contribution in [2.75, 3.05) is 13.1 Å². The Kier molecular flexibility index (Phi) is 1.77. The van der Waals surface area contributed by atoms with Gasteiger partial charge in [-0.05, 0) is 0 Å². The van der Waals surface area contributed by atoms with E-state index in [1.165, 1.54) is 0 Å². The number of oxime groups is 1. The van der Waals surface area contributed by atoms with E-state index in [9.17, 15) is 0 Å². The van der Waals surface area contributed by atoms with Crippen molar-refractivity contribution in [3.63, 3.8) is 0 Å². The summed E-state index contributed by atoms with van der Waals surface area (Å²) < 4.78 is 0. The van der Waals surface area contributed by atoms with Gasteiger partial charge in [-0.3, -0.25) is 10.7 Å². The van der Waals surface area contributed by atoms with Gasteiger partial charge in [0.15, 0.2) is 5.84 Å². The van der Waals surface area contributed by atoms with E-state index in [1.54, 1.807) is 4.90 Å². The van der Waals surface area contributed by atoms with E-state index in [0.717, 1.165) is 13.1 Å². The van der Waals surface area contributed by atoms with Gasteiger partial charge in [0.2, 0.25) is 0 Å². The second-order valence-corrected chi connectivity index (χ2v) is 2.00. The van der Waals surface area contributed by atoms with E-state index >= 15 is 0 Å². The molecule has 1 aliphatic heterocycles. The van der Waals surface area contributed by atoms with Crippen LogP contribution in [0.4, 0.5) is 0 Å². The molecule has 0 aliphatic carbocycles. The first-order valence-electron chi connectivity index (χ1n) is 2.86. The molecule has 0 aromatic rings. The van der Waals surface area contributed by atoms with Crippen LogP contribution in [-0.4, -0.2) is 34.2 Å². The van der Waals surface area contributed by atoms with Gasteiger partial charge in [0, 0.05) is 13.1 Å². The van der Waals surface area contributed by atoms with E-state index in [2.05, 4.69) is 11.7 Å². The molecule has 1 aliphatic rings. The van der Waals surface area contributed by atoms with Gasteiger partial charge in [-0.25, -0.2) is 0 Å². The zero-order valence-electron chi connectivity index (χ0n) is 5.41. The maximum atomic E-state index is 8.37. The molecule has 1 saturated heterocycles. The fourth-order valence-electron chi connectivity index (χ4n) is 0.626. The molecule has 0 unspecified atom stereocenters. The summed E-state index contributed by atoms with van der Waals surface area (Å²) >= 11 is 0. The number of nitrogens with one attached hydrogen (secondary N) is 1. The van der Waals surface area contributed by atoms with Gasteiger partial charge in [-0.1, -0.05) is 11.7 Å². The van der Waals surface area contributed by atoms with Crippen LogP contribution in [0.1, 0.15) is 0 Å². The van der Waals surface area contributed by atoms with Crippen molar-refractivity contribution < 1.29 is 10.4 Å². The van der Waals surface area contributed by atoms with E-state index in [0.29, 0.717) is 5.84 Å². The molecule has 10 heavy (non-hydrogen) atoms. The molecule has 0 saturated carbocycles. The maximum absolute atomic E-state index is 8.37. The fourth-order valence-corrected chi connectivity index (χ4v) is 0.626. The van der Waals surface area contributed by atoms with Gasteiger partial charge in [-0.2, -0.15) is 0 Å². The number of hydrogen-bond donors (Lipinski definition) is 3. The lowest BCUT2D eigenvalue weighted by Crippen LogP contribution is -2.22. The Morgan fingerprint density at radius 1 is 1.60 bits per heavy atom. The molecule has 3 N–H and O–H groups in total. The normalized spacial score (nSPS) is 16.9. The molecular formula is C5H9N3O2. The number of hydroxylamine groups is 1. The van der Waals surface area contributed by atoms with Crippen LogP contribution >= 0.6 is 0 Å². The molecule has 5 nitrogen and oxygen atoms in total. The molecule has 1 fully saturated rings. The van der Waals surface area contributed by atoms with E-state index in [-0.39, 0.29) is 5.70 Å². The molecule has 0 bridgehead atoms. The van der Waals surface area contributed by atoms with Crippen molar-refractivity contribution in [2.24, 2.45) is 5.16 Å². The number of hydrogen-bond acceptors (Lipinski definition) is 4. The first-order chi connectivity index (χ1) is 4.79. The molecular weight excluding hydrogens is 134 g/mol. The van der Waals surface area contributed by atoms with Crippen LogP contribution in [0.2, 0.25) is 0 Å². The average Bonchev–Trinajstić information content (AvgIpc) is 2.73. The summed E-state index contributed by atoms with van der Waals surface area (Å²) in [5, 5.41) is 19.7. The zero-order chi connectivity index (χ0) is 7.56. The van der Waals surface area contributed by atoms with Crippen LogP contribution in [0.5, 0.6) is 0 Å². The lowest BCUT2D eigenvalue weighted by Gasteiger charge is -2.05. The minimum absolute atomic E-state index is 0.208. The molecule has 1 rings (SSSR count). The SMILES string of the molecule is C=C(NO)C(=NO)N1CC1. The number of rotatable bonds is 2. The molecule has 0 atom stereocenters. The van der Waals surface area contributed by atoms with Crippen LogP contribution < -0.4 is 5.48 Å². The summed E-state index contributed by atoms with van der Waals surface area (Å²) in [7, 11) is 0. The third-order valence-electron chi connectivity index (χ3n) is 1.25. The molecule has 1 heterocycles. The smallest absolute Gasteiger partial charge is 0.193 e. The Labute approximate surface area is 58.2 Å². The maximum Gasteiger partial charge on any atom is 0.193 e. The van der Waals surface area contributed by atoms with E-state index in [1.807, 2.05) is 5.48 Å². The van der Waals surface area contributed by atoms with Gasteiger partial charge in [0.05, 0.1) is 5.70 Å². The lowest BCUT2D eigenvalue weighted by molar-refractivity contribution is 0.205.